The fourth-order valence-corrected chi connectivity index (χ4v) is 4.03. The lowest BCUT2D eigenvalue weighted by atomic mass is 9.98. The van der Waals surface area contributed by atoms with Crippen molar-refractivity contribution in [2.24, 2.45) is 5.92 Å². The predicted octanol–water partition coefficient (Wildman–Crippen LogP) is 6.31. The first-order chi connectivity index (χ1) is 19.0. The van der Waals surface area contributed by atoms with Gasteiger partial charge in [0.15, 0.2) is 11.5 Å². The molecule has 1 aromatic heterocycles. The van der Waals surface area contributed by atoms with E-state index in [0.717, 1.165) is 0 Å². The Morgan fingerprint density at radius 1 is 1.25 bits per heavy atom. The number of likely N-dealkylation sites (tertiary alicyclic amines) is 1. The van der Waals surface area contributed by atoms with Gasteiger partial charge >= 0.3 is 6.09 Å². The molecule has 0 spiro atoms. The van der Waals surface area contributed by atoms with Crippen molar-refractivity contribution in [1.29, 1.82) is 0 Å². The number of carbonyl (C=O) groups is 1. The Kier molecular flexibility index (Phi) is 6.03. The smallest absolute Gasteiger partial charge is 0.410 e. The van der Waals surface area contributed by atoms with Gasteiger partial charge in [0, 0.05) is 29.0 Å². The number of fused-ring (bicyclic) bond motifs is 1. The number of hydrogen-bond acceptors (Lipinski definition) is 7. The number of hydrogen-bond donors (Lipinski definition) is 1. The van der Waals surface area contributed by atoms with Crippen molar-refractivity contribution in [3.8, 4) is 11.5 Å². The summed E-state index contributed by atoms with van der Waals surface area (Å²) in [5.74, 6) is -1.42. The lowest BCUT2D eigenvalue weighted by Gasteiger charge is -2.33. The number of nitrogens with zero attached hydrogens (tertiary/aromatic N) is 3. The summed E-state index contributed by atoms with van der Waals surface area (Å²) >= 11 is 3.21. The Morgan fingerprint density at radius 2 is 2.03 bits per heavy atom. The largest absolute Gasteiger partial charge is 0.493 e. The molecule has 1 aliphatic rings. The van der Waals surface area contributed by atoms with Gasteiger partial charge in [0.2, 0.25) is 0 Å². The minimum Gasteiger partial charge on any atom is -0.493 e. The SMILES string of the molecule is [2H]C([2H])([2H])Oc1cc2c(Nc3ccc(Br)cc3F)ncnc2cc1OC([2H])([2H])C1CCN(C(=O)OC(C)(C)C)CC1. The fourth-order valence-electron chi connectivity index (χ4n) is 3.69. The highest BCUT2D eigenvalue weighted by molar-refractivity contribution is 9.10. The van der Waals surface area contributed by atoms with Gasteiger partial charge < -0.3 is 24.4 Å². The molecule has 1 fully saturated rings. The molecule has 3 aromatic rings. The molecule has 36 heavy (non-hydrogen) atoms. The molecule has 1 saturated heterocycles. The van der Waals surface area contributed by atoms with Crippen molar-refractivity contribution in [3.63, 3.8) is 0 Å². The van der Waals surface area contributed by atoms with Gasteiger partial charge in [-0.2, -0.15) is 0 Å². The Hall–Kier alpha value is -3.14. The fraction of sp³-hybridized carbons (Fsp3) is 0.423. The quantitative estimate of drug-likeness (QED) is 0.374. The molecule has 4 rings (SSSR count). The lowest BCUT2D eigenvalue weighted by Crippen LogP contribution is -2.42. The second-order valence-electron chi connectivity index (χ2n) is 9.35. The molecule has 0 aliphatic carbocycles. The Morgan fingerprint density at radius 3 is 2.72 bits per heavy atom. The number of nitrogens with one attached hydrogen (secondary N) is 1. The summed E-state index contributed by atoms with van der Waals surface area (Å²) in [6, 6.07) is 7.10. The van der Waals surface area contributed by atoms with E-state index in [1.54, 1.807) is 26.8 Å². The number of halogens is 2. The number of carbonyl (C=O) groups excluding carboxylic acids is 1. The number of methoxy groups -OCH3 is 1. The third-order valence-corrected chi connectivity index (χ3v) is 5.97. The van der Waals surface area contributed by atoms with Crippen molar-refractivity contribution < 1.29 is 30.2 Å². The van der Waals surface area contributed by atoms with E-state index in [-0.39, 0.29) is 41.6 Å². The Labute approximate surface area is 225 Å². The van der Waals surface area contributed by atoms with Gasteiger partial charge in [0.05, 0.1) is 31.7 Å². The summed E-state index contributed by atoms with van der Waals surface area (Å²) in [5, 5.41) is 3.18. The maximum absolute atomic E-state index is 14.5. The molecule has 0 unspecified atom stereocenters. The van der Waals surface area contributed by atoms with Crippen LogP contribution in [0.5, 0.6) is 11.5 Å². The minimum absolute atomic E-state index is 0.126. The second kappa shape index (κ2) is 10.9. The number of ether oxygens (including phenoxy) is 3. The standard InChI is InChI=1S/C26H30BrFN4O4/c1-26(2,3)36-25(33)32-9-7-16(8-10-32)14-35-23-13-21-18(12-22(23)34-4)24(30-15-29-21)31-20-6-5-17(27)11-19(20)28/h5-6,11-13,15-16H,7-10,14H2,1-4H3,(H,29,30,31)/i4D3,14D2. The number of anilines is 2. The van der Waals surface area contributed by atoms with Gasteiger partial charge in [0.25, 0.3) is 0 Å². The van der Waals surface area contributed by atoms with Crippen molar-refractivity contribution in [2.45, 2.75) is 39.2 Å². The number of amides is 1. The molecule has 1 N–H and O–H groups in total. The summed E-state index contributed by atoms with van der Waals surface area (Å²) < 4.78 is 71.6. The summed E-state index contributed by atoms with van der Waals surface area (Å²) in [4.78, 5) is 22.3. The van der Waals surface area contributed by atoms with E-state index >= 15 is 0 Å². The van der Waals surface area contributed by atoms with Crippen LogP contribution in [0.1, 0.15) is 40.5 Å². The number of benzene rings is 2. The highest BCUT2D eigenvalue weighted by Gasteiger charge is 2.27. The third-order valence-electron chi connectivity index (χ3n) is 5.48. The van der Waals surface area contributed by atoms with Crippen LogP contribution in [0, 0.1) is 11.7 Å². The van der Waals surface area contributed by atoms with E-state index in [9.17, 15) is 9.18 Å². The highest BCUT2D eigenvalue weighted by Crippen LogP contribution is 2.36. The summed E-state index contributed by atoms with van der Waals surface area (Å²) in [6.45, 7) is 3.62. The number of aromatic nitrogens is 2. The van der Waals surface area contributed by atoms with Crippen molar-refractivity contribution in [2.75, 3.05) is 32.0 Å². The second-order valence-corrected chi connectivity index (χ2v) is 10.3. The molecule has 0 atom stereocenters. The summed E-state index contributed by atoms with van der Waals surface area (Å²) in [6.07, 6.45) is 1.36. The monoisotopic (exact) mass is 565 g/mol. The van der Waals surface area contributed by atoms with Crippen LogP contribution in [-0.4, -0.2) is 53.2 Å². The van der Waals surface area contributed by atoms with Crippen LogP contribution in [0.25, 0.3) is 10.9 Å². The van der Waals surface area contributed by atoms with Gasteiger partial charge in [-0.1, -0.05) is 15.9 Å². The lowest BCUT2D eigenvalue weighted by molar-refractivity contribution is 0.0164. The summed E-state index contributed by atoms with van der Waals surface area (Å²) in [5.41, 5.74) is -0.240. The third kappa shape index (κ3) is 6.34. The molecule has 2 aromatic carbocycles. The Bertz CT molecular complexity index is 1430. The maximum Gasteiger partial charge on any atom is 0.410 e. The van der Waals surface area contributed by atoms with E-state index in [0.29, 0.717) is 22.7 Å². The molecule has 8 nitrogen and oxygen atoms in total. The zero-order valence-electron chi connectivity index (χ0n) is 25.1. The highest BCUT2D eigenvalue weighted by atomic mass is 79.9. The molecule has 0 bridgehead atoms. The van der Waals surface area contributed by atoms with Crippen molar-refractivity contribution >= 4 is 44.4 Å². The number of piperidine rings is 1. The van der Waals surface area contributed by atoms with E-state index in [2.05, 4.69) is 31.2 Å². The van der Waals surface area contributed by atoms with Gasteiger partial charge in [-0.05, 0) is 63.8 Å². The van der Waals surface area contributed by atoms with E-state index < -0.39 is 37.0 Å². The van der Waals surface area contributed by atoms with Crippen molar-refractivity contribution in [3.05, 3.63) is 46.9 Å². The van der Waals surface area contributed by atoms with Gasteiger partial charge in [-0.25, -0.2) is 19.2 Å². The van der Waals surface area contributed by atoms with E-state index in [1.165, 1.54) is 35.5 Å². The van der Waals surface area contributed by atoms with E-state index in [4.69, 9.17) is 21.1 Å². The molecular weight excluding hydrogens is 531 g/mol. The van der Waals surface area contributed by atoms with Crippen LogP contribution < -0.4 is 14.8 Å². The normalized spacial score (nSPS) is 17.4. The molecule has 10 heteroatoms. The minimum atomic E-state index is -2.88. The zero-order valence-corrected chi connectivity index (χ0v) is 21.7. The average Bonchev–Trinajstić information content (AvgIpc) is 2.84. The first-order valence-electron chi connectivity index (χ1n) is 13.9. The first-order valence-corrected chi connectivity index (χ1v) is 12.2. The van der Waals surface area contributed by atoms with Gasteiger partial charge in [0.1, 0.15) is 23.6 Å². The molecule has 0 saturated carbocycles. The molecule has 1 amide bonds. The topological polar surface area (TPSA) is 85.8 Å². The molecule has 1 aliphatic heterocycles. The number of rotatable bonds is 6. The van der Waals surface area contributed by atoms with Crippen molar-refractivity contribution in [1.82, 2.24) is 14.9 Å². The van der Waals surface area contributed by atoms with Crippen LogP contribution >= 0.6 is 15.9 Å². The first kappa shape index (κ1) is 20.0. The molecule has 0 radical (unpaired) electrons. The molecule has 2 heterocycles. The van der Waals surface area contributed by atoms with Gasteiger partial charge in [-0.15, -0.1) is 0 Å². The molecule has 192 valence electrons. The van der Waals surface area contributed by atoms with Crippen LogP contribution in [0.3, 0.4) is 0 Å². The Balaban J connectivity index is 1.60. The van der Waals surface area contributed by atoms with Gasteiger partial charge in [-0.3, -0.25) is 0 Å². The predicted molar refractivity (Wildman–Crippen MR) is 139 cm³/mol. The molecular formula is C26H30BrFN4O4. The summed E-state index contributed by atoms with van der Waals surface area (Å²) in [7, 11) is -2.88. The maximum atomic E-state index is 14.5. The van der Waals surface area contributed by atoms with Crippen LogP contribution in [0.4, 0.5) is 20.7 Å². The zero-order chi connectivity index (χ0) is 30.2. The average molecular weight is 566 g/mol. The van der Waals surface area contributed by atoms with Crippen LogP contribution in [0.2, 0.25) is 0 Å². The van der Waals surface area contributed by atoms with Crippen LogP contribution in [-0.2, 0) is 4.74 Å². The van der Waals surface area contributed by atoms with E-state index in [1.807, 2.05) is 0 Å². The van der Waals surface area contributed by atoms with Crippen LogP contribution in [0.15, 0.2) is 41.1 Å².